The lowest BCUT2D eigenvalue weighted by atomic mass is 10.1. The molecule has 0 atom stereocenters. The Labute approximate surface area is 173 Å². The van der Waals surface area contributed by atoms with E-state index >= 15 is 0 Å². The fourth-order valence-corrected chi connectivity index (χ4v) is 3.04. The summed E-state index contributed by atoms with van der Waals surface area (Å²) in [5.74, 6) is 5.94. The van der Waals surface area contributed by atoms with Crippen LogP contribution in [0.4, 0.5) is 0 Å². The lowest BCUT2D eigenvalue weighted by Crippen LogP contribution is -2.00. The van der Waals surface area contributed by atoms with Crippen molar-refractivity contribution in [3.63, 3.8) is 0 Å². The van der Waals surface area contributed by atoms with Crippen molar-refractivity contribution in [2.45, 2.75) is 13.8 Å². The Morgan fingerprint density at radius 3 is 2.48 bits per heavy atom. The highest BCUT2D eigenvalue weighted by Gasteiger charge is 2.05. The second kappa shape index (κ2) is 8.26. The van der Waals surface area contributed by atoms with E-state index in [-0.39, 0.29) is 6.61 Å². The highest BCUT2D eigenvalue weighted by Crippen LogP contribution is 2.24. The molecular formula is C23H17ClN4O. The molecule has 4 aromatic rings. The molecule has 0 radical (unpaired) electrons. The van der Waals surface area contributed by atoms with Crippen LogP contribution in [-0.2, 0) is 4.84 Å². The van der Waals surface area contributed by atoms with E-state index in [1.807, 2.05) is 62.4 Å². The van der Waals surface area contributed by atoms with Gasteiger partial charge in [0.1, 0.15) is 16.6 Å². The van der Waals surface area contributed by atoms with Gasteiger partial charge in [0.2, 0.25) is 0 Å². The summed E-state index contributed by atoms with van der Waals surface area (Å²) in [6.07, 6.45) is 0. The SMILES string of the molecule is CC(=NOCC#Cc1ccc2ccc3ccc(Cl)nc3c2n1)c1cccc(C)n1. The quantitative estimate of drug-likeness (QED) is 0.122. The molecule has 0 aliphatic rings. The molecule has 0 aliphatic carbocycles. The first kappa shape index (κ1) is 18.9. The van der Waals surface area contributed by atoms with Crippen molar-refractivity contribution in [1.82, 2.24) is 15.0 Å². The molecule has 0 saturated heterocycles. The highest BCUT2D eigenvalue weighted by atomic mass is 35.5. The van der Waals surface area contributed by atoms with Gasteiger partial charge in [-0.1, -0.05) is 40.9 Å². The molecule has 5 nitrogen and oxygen atoms in total. The van der Waals surface area contributed by atoms with Crippen LogP contribution >= 0.6 is 11.6 Å². The van der Waals surface area contributed by atoms with Crippen molar-refractivity contribution in [1.29, 1.82) is 0 Å². The molecule has 0 amide bonds. The summed E-state index contributed by atoms with van der Waals surface area (Å²) in [6, 6.07) is 17.3. The summed E-state index contributed by atoms with van der Waals surface area (Å²) < 4.78 is 0. The van der Waals surface area contributed by atoms with E-state index in [9.17, 15) is 0 Å². The molecule has 0 aliphatic heterocycles. The largest absolute Gasteiger partial charge is 0.382 e. The molecule has 0 bridgehead atoms. The number of fused-ring (bicyclic) bond motifs is 3. The molecule has 3 heterocycles. The van der Waals surface area contributed by atoms with E-state index in [0.717, 1.165) is 33.2 Å². The average Bonchev–Trinajstić information content (AvgIpc) is 2.73. The molecule has 0 saturated carbocycles. The zero-order valence-electron chi connectivity index (χ0n) is 16.0. The number of hydrogen-bond donors (Lipinski definition) is 0. The van der Waals surface area contributed by atoms with E-state index in [2.05, 4.69) is 31.9 Å². The normalized spacial score (nSPS) is 11.3. The van der Waals surface area contributed by atoms with Gasteiger partial charge in [0.15, 0.2) is 6.61 Å². The minimum absolute atomic E-state index is 0.155. The monoisotopic (exact) mass is 400 g/mol. The van der Waals surface area contributed by atoms with Gasteiger partial charge in [-0.25, -0.2) is 9.97 Å². The summed E-state index contributed by atoms with van der Waals surface area (Å²) in [5.41, 5.74) is 4.60. The van der Waals surface area contributed by atoms with Crippen molar-refractivity contribution in [3.8, 4) is 11.8 Å². The van der Waals surface area contributed by atoms with Gasteiger partial charge in [-0.2, -0.15) is 0 Å². The highest BCUT2D eigenvalue weighted by molar-refractivity contribution is 6.30. The lowest BCUT2D eigenvalue weighted by Gasteiger charge is -2.03. The van der Waals surface area contributed by atoms with Gasteiger partial charge in [0.05, 0.1) is 16.7 Å². The summed E-state index contributed by atoms with van der Waals surface area (Å²) in [7, 11) is 0. The van der Waals surface area contributed by atoms with E-state index in [0.29, 0.717) is 16.6 Å². The smallest absolute Gasteiger partial charge is 0.177 e. The standard InChI is InChI=1S/C23H17ClN4O/c1-15-5-3-7-20(25-15)16(2)28-29-14-4-6-19-12-10-17-8-9-18-11-13-21(24)27-23(18)22(17)26-19/h3,5,7-13H,14H2,1-2H3. The van der Waals surface area contributed by atoms with Crippen molar-refractivity contribution in [3.05, 3.63) is 76.8 Å². The van der Waals surface area contributed by atoms with Crippen LogP contribution in [0.5, 0.6) is 0 Å². The number of pyridine rings is 3. The first-order valence-corrected chi connectivity index (χ1v) is 9.43. The fraction of sp³-hybridized carbons (Fsp3) is 0.130. The molecule has 0 spiro atoms. The molecule has 6 heteroatoms. The van der Waals surface area contributed by atoms with Crippen molar-refractivity contribution >= 4 is 39.1 Å². The number of hydrogen-bond acceptors (Lipinski definition) is 5. The van der Waals surface area contributed by atoms with Crippen LogP contribution in [0.1, 0.15) is 24.0 Å². The number of halogens is 1. The molecule has 0 unspecified atom stereocenters. The maximum Gasteiger partial charge on any atom is 0.177 e. The van der Waals surface area contributed by atoms with Gasteiger partial charge in [0.25, 0.3) is 0 Å². The van der Waals surface area contributed by atoms with Crippen LogP contribution in [0.2, 0.25) is 5.15 Å². The first-order chi connectivity index (χ1) is 14.1. The third-order valence-corrected chi connectivity index (χ3v) is 4.51. The van der Waals surface area contributed by atoms with Crippen LogP contribution in [0.25, 0.3) is 21.8 Å². The Bertz CT molecular complexity index is 1300. The summed E-state index contributed by atoms with van der Waals surface area (Å²) in [5, 5.41) is 6.48. The maximum absolute atomic E-state index is 6.06. The lowest BCUT2D eigenvalue weighted by molar-refractivity contribution is 0.179. The Morgan fingerprint density at radius 2 is 1.69 bits per heavy atom. The van der Waals surface area contributed by atoms with Crippen molar-refractivity contribution in [2.24, 2.45) is 5.16 Å². The number of aromatic nitrogens is 3. The molecule has 1 aromatic carbocycles. The summed E-state index contributed by atoms with van der Waals surface area (Å²) in [4.78, 5) is 18.8. The zero-order valence-corrected chi connectivity index (χ0v) is 16.7. The second-order valence-electron chi connectivity index (χ2n) is 6.46. The Balaban J connectivity index is 1.51. The topological polar surface area (TPSA) is 60.3 Å². The zero-order chi connectivity index (χ0) is 20.2. The van der Waals surface area contributed by atoms with Crippen LogP contribution < -0.4 is 0 Å². The second-order valence-corrected chi connectivity index (χ2v) is 6.84. The van der Waals surface area contributed by atoms with E-state index in [1.54, 1.807) is 6.07 Å². The molecule has 3 aromatic heterocycles. The Kier molecular flexibility index (Phi) is 5.37. The van der Waals surface area contributed by atoms with Crippen LogP contribution in [-0.4, -0.2) is 27.3 Å². The molecule has 142 valence electrons. The van der Waals surface area contributed by atoms with Crippen LogP contribution in [0, 0.1) is 18.8 Å². The predicted molar refractivity (Wildman–Crippen MR) is 116 cm³/mol. The maximum atomic E-state index is 6.06. The van der Waals surface area contributed by atoms with Crippen molar-refractivity contribution < 1.29 is 4.84 Å². The average molecular weight is 401 g/mol. The fourth-order valence-electron chi connectivity index (χ4n) is 2.89. The summed E-state index contributed by atoms with van der Waals surface area (Å²) >= 11 is 6.06. The van der Waals surface area contributed by atoms with Gasteiger partial charge in [-0.05, 0) is 56.2 Å². The predicted octanol–water partition coefficient (Wildman–Crippen LogP) is 4.93. The molecular weight excluding hydrogens is 384 g/mol. The molecule has 29 heavy (non-hydrogen) atoms. The van der Waals surface area contributed by atoms with Gasteiger partial charge in [-0.15, -0.1) is 0 Å². The van der Waals surface area contributed by atoms with Gasteiger partial charge in [-0.3, -0.25) is 4.98 Å². The minimum atomic E-state index is 0.155. The Morgan fingerprint density at radius 1 is 0.966 bits per heavy atom. The van der Waals surface area contributed by atoms with E-state index in [4.69, 9.17) is 16.4 Å². The van der Waals surface area contributed by atoms with Crippen LogP contribution in [0.3, 0.4) is 0 Å². The van der Waals surface area contributed by atoms with E-state index < -0.39 is 0 Å². The minimum Gasteiger partial charge on any atom is -0.382 e. The van der Waals surface area contributed by atoms with Crippen molar-refractivity contribution in [2.75, 3.05) is 6.61 Å². The van der Waals surface area contributed by atoms with Gasteiger partial charge >= 0.3 is 0 Å². The molecule has 0 fully saturated rings. The number of aryl methyl sites for hydroxylation is 1. The number of nitrogens with zero attached hydrogens (tertiary/aromatic N) is 4. The third-order valence-electron chi connectivity index (χ3n) is 4.30. The Hall–Kier alpha value is -3.49. The third kappa shape index (κ3) is 4.34. The summed E-state index contributed by atoms with van der Waals surface area (Å²) in [6.45, 7) is 3.94. The number of oxime groups is 1. The first-order valence-electron chi connectivity index (χ1n) is 9.06. The van der Waals surface area contributed by atoms with Crippen LogP contribution in [0.15, 0.2) is 59.8 Å². The molecule has 0 N–H and O–H groups in total. The number of benzene rings is 1. The molecule has 4 rings (SSSR count). The van der Waals surface area contributed by atoms with Gasteiger partial charge < -0.3 is 4.84 Å². The number of rotatable bonds is 3. The van der Waals surface area contributed by atoms with E-state index in [1.165, 1.54) is 0 Å². The van der Waals surface area contributed by atoms with Gasteiger partial charge in [0, 0.05) is 16.5 Å².